The maximum absolute atomic E-state index is 13.1. The molecule has 0 bridgehead atoms. The minimum atomic E-state index is -4.26. The van der Waals surface area contributed by atoms with Crippen LogP contribution in [0.1, 0.15) is 51.9 Å². The molecule has 0 saturated heterocycles. The van der Waals surface area contributed by atoms with Gasteiger partial charge in [0.2, 0.25) is 0 Å². The van der Waals surface area contributed by atoms with Crippen molar-refractivity contribution < 1.29 is 26.3 Å². The Labute approximate surface area is 121 Å². The van der Waals surface area contributed by atoms with Gasteiger partial charge in [-0.2, -0.15) is 26.3 Å². The lowest BCUT2D eigenvalue weighted by molar-refractivity contribution is -0.199. The lowest BCUT2D eigenvalue weighted by atomic mass is 9.73. The smallest absolute Gasteiger partial charge is 0.314 e. The summed E-state index contributed by atoms with van der Waals surface area (Å²) in [4.78, 5) is 0. The summed E-state index contributed by atoms with van der Waals surface area (Å²) < 4.78 is 75.9. The van der Waals surface area contributed by atoms with Crippen molar-refractivity contribution in [1.29, 1.82) is 0 Å². The van der Waals surface area contributed by atoms with Gasteiger partial charge in [-0.1, -0.05) is 19.8 Å². The van der Waals surface area contributed by atoms with Crippen molar-refractivity contribution in [2.75, 3.05) is 6.54 Å². The van der Waals surface area contributed by atoms with E-state index in [1.807, 2.05) is 0 Å². The molecule has 3 atom stereocenters. The highest BCUT2D eigenvalue weighted by Gasteiger charge is 2.47. The van der Waals surface area contributed by atoms with Crippen LogP contribution >= 0.6 is 0 Å². The first-order chi connectivity index (χ1) is 9.65. The largest absolute Gasteiger partial charge is 0.392 e. The summed E-state index contributed by atoms with van der Waals surface area (Å²) in [6, 6.07) is -0.482. The summed E-state index contributed by atoms with van der Waals surface area (Å²) in [5.74, 6) is -1.99. The molecule has 1 fully saturated rings. The Bertz CT molecular complexity index is 299. The van der Waals surface area contributed by atoms with E-state index < -0.39 is 36.7 Å². The van der Waals surface area contributed by atoms with Crippen LogP contribution in [-0.2, 0) is 0 Å². The maximum atomic E-state index is 13.1. The average molecular weight is 319 g/mol. The van der Waals surface area contributed by atoms with E-state index in [2.05, 4.69) is 5.32 Å². The minimum Gasteiger partial charge on any atom is -0.314 e. The molecule has 0 aromatic heterocycles. The van der Waals surface area contributed by atoms with Crippen LogP contribution in [0.3, 0.4) is 0 Å². The second-order valence-electron chi connectivity index (χ2n) is 5.77. The molecule has 1 saturated carbocycles. The highest BCUT2D eigenvalue weighted by Crippen LogP contribution is 2.43. The van der Waals surface area contributed by atoms with Crippen molar-refractivity contribution in [3.05, 3.63) is 0 Å². The molecule has 7 heteroatoms. The van der Waals surface area contributed by atoms with Crippen molar-refractivity contribution in [2.24, 2.45) is 11.8 Å². The Kier molecular flexibility index (Phi) is 6.81. The molecular formula is C14H23F6N. The lowest BCUT2D eigenvalue weighted by Gasteiger charge is -2.38. The summed E-state index contributed by atoms with van der Waals surface area (Å²) in [6.45, 7) is 2.24. The summed E-state index contributed by atoms with van der Waals surface area (Å²) in [7, 11) is 0. The van der Waals surface area contributed by atoms with Gasteiger partial charge < -0.3 is 5.32 Å². The Morgan fingerprint density at radius 2 is 1.67 bits per heavy atom. The molecule has 1 N–H and O–H groups in total. The van der Waals surface area contributed by atoms with E-state index in [4.69, 9.17) is 0 Å². The molecule has 1 rings (SSSR count). The Balaban J connectivity index is 2.67. The number of nitrogens with one attached hydrogen (secondary N) is 1. The van der Waals surface area contributed by atoms with Gasteiger partial charge in [-0.05, 0) is 38.1 Å². The number of alkyl halides is 6. The van der Waals surface area contributed by atoms with Gasteiger partial charge >= 0.3 is 12.4 Å². The van der Waals surface area contributed by atoms with Crippen molar-refractivity contribution in [3.8, 4) is 0 Å². The van der Waals surface area contributed by atoms with E-state index >= 15 is 0 Å². The second-order valence-corrected chi connectivity index (χ2v) is 5.77. The molecule has 0 aromatic rings. The predicted molar refractivity (Wildman–Crippen MR) is 68.9 cm³/mol. The molecule has 21 heavy (non-hydrogen) atoms. The molecule has 126 valence electrons. The molecule has 3 unspecified atom stereocenters. The van der Waals surface area contributed by atoms with Gasteiger partial charge in [-0.3, -0.25) is 0 Å². The fourth-order valence-electron chi connectivity index (χ4n) is 3.30. The van der Waals surface area contributed by atoms with Crippen LogP contribution in [0.15, 0.2) is 0 Å². The Morgan fingerprint density at radius 3 is 2.19 bits per heavy atom. The first kappa shape index (κ1) is 18.6. The van der Waals surface area contributed by atoms with Gasteiger partial charge in [-0.15, -0.1) is 0 Å². The van der Waals surface area contributed by atoms with E-state index in [9.17, 15) is 26.3 Å². The third-order valence-electron chi connectivity index (χ3n) is 4.20. The van der Waals surface area contributed by atoms with Crippen LogP contribution in [0, 0.1) is 11.8 Å². The van der Waals surface area contributed by atoms with Crippen LogP contribution in [0.5, 0.6) is 0 Å². The van der Waals surface area contributed by atoms with Crippen molar-refractivity contribution in [2.45, 2.75) is 70.3 Å². The molecule has 0 spiro atoms. The number of hydrogen-bond donors (Lipinski definition) is 1. The maximum Gasteiger partial charge on any atom is 0.392 e. The summed E-state index contributed by atoms with van der Waals surface area (Å²) in [5, 5.41) is 2.97. The standard InChI is InChI=1S/C14H23F6N/c1-2-21-12(8-5-9-13(15,16)17)10-6-3-4-7-11(10)14(18,19)20/h10-12,21H,2-9H2,1H3. The van der Waals surface area contributed by atoms with Crippen LogP contribution in [-0.4, -0.2) is 24.9 Å². The molecule has 1 aliphatic rings. The van der Waals surface area contributed by atoms with Crippen LogP contribution < -0.4 is 5.32 Å². The summed E-state index contributed by atoms with van der Waals surface area (Å²) >= 11 is 0. The number of halogens is 6. The quantitative estimate of drug-likeness (QED) is 0.674. The molecule has 0 amide bonds. The third kappa shape index (κ3) is 6.45. The molecule has 0 heterocycles. The number of hydrogen-bond acceptors (Lipinski definition) is 1. The Morgan fingerprint density at radius 1 is 1.05 bits per heavy atom. The van der Waals surface area contributed by atoms with Gasteiger partial charge in [0.15, 0.2) is 0 Å². The van der Waals surface area contributed by atoms with E-state index in [0.717, 1.165) is 6.42 Å². The molecular weight excluding hydrogens is 296 g/mol. The first-order valence-electron chi connectivity index (χ1n) is 7.52. The SMILES string of the molecule is CCNC(CCCC(F)(F)F)C1CCCCC1C(F)(F)F. The Hall–Kier alpha value is -0.460. The van der Waals surface area contributed by atoms with E-state index in [0.29, 0.717) is 19.4 Å². The van der Waals surface area contributed by atoms with Crippen LogP contribution in [0.2, 0.25) is 0 Å². The minimum absolute atomic E-state index is 0.0926. The van der Waals surface area contributed by atoms with Gasteiger partial charge in [0.25, 0.3) is 0 Å². The van der Waals surface area contributed by atoms with Gasteiger partial charge in [-0.25, -0.2) is 0 Å². The normalized spacial score (nSPS) is 25.9. The lowest BCUT2D eigenvalue weighted by Crippen LogP contribution is -2.45. The van der Waals surface area contributed by atoms with Gasteiger partial charge in [0.1, 0.15) is 0 Å². The van der Waals surface area contributed by atoms with E-state index in [1.165, 1.54) is 0 Å². The monoisotopic (exact) mass is 319 g/mol. The first-order valence-corrected chi connectivity index (χ1v) is 7.52. The molecule has 1 aliphatic carbocycles. The predicted octanol–water partition coefficient (Wildman–Crippen LogP) is 5.07. The third-order valence-corrected chi connectivity index (χ3v) is 4.20. The fourth-order valence-corrected chi connectivity index (χ4v) is 3.30. The molecule has 0 aromatic carbocycles. The summed E-state index contributed by atoms with van der Waals surface area (Å²) in [5.41, 5.74) is 0. The van der Waals surface area contributed by atoms with E-state index in [1.54, 1.807) is 6.92 Å². The summed E-state index contributed by atoms with van der Waals surface area (Å²) in [6.07, 6.45) is -7.62. The molecule has 0 radical (unpaired) electrons. The van der Waals surface area contributed by atoms with E-state index in [-0.39, 0.29) is 19.3 Å². The second kappa shape index (κ2) is 7.70. The van der Waals surface area contributed by atoms with Crippen LogP contribution in [0.25, 0.3) is 0 Å². The topological polar surface area (TPSA) is 12.0 Å². The highest BCUT2D eigenvalue weighted by molar-refractivity contribution is 4.88. The zero-order valence-electron chi connectivity index (χ0n) is 12.2. The van der Waals surface area contributed by atoms with Crippen molar-refractivity contribution >= 4 is 0 Å². The zero-order chi connectivity index (χ0) is 16.1. The van der Waals surface area contributed by atoms with Crippen LogP contribution in [0.4, 0.5) is 26.3 Å². The fraction of sp³-hybridized carbons (Fsp3) is 1.00. The number of rotatable bonds is 6. The average Bonchev–Trinajstić information content (AvgIpc) is 2.35. The van der Waals surface area contributed by atoms with Gasteiger partial charge in [0.05, 0.1) is 5.92 Å². The van der Waals surface area contributed by atoms with Crippen molar-refractivity contribution in [3.63, 3.8) is 0 Å². The molecule has 1 nitrogen and oxygen atoms in total. The van der Waals surface area contributed by atoms with Gasteiger partial charge in [0, 0.05) is 12.5 Å². The zero-order valence-corrected chi connectivity index (χ0v) is 12.2. The van der Waals surface area contributed by atoms with Crippen molar-refractivity contribution in [1.82, 2.24) is 5.32 Å². The highest BCUT2D eigenvalue weighted by atomic mass is 19.4. The molecule has 0 aliphatic heterocycles.